The van der Waals surface area contributed by atoms with Gasteiger partial charge in [-0.3, -0.25) is 19.2 Å². The smallest absolute Gasteiger partial charge is 0.327 e. The number of nitrogens with two attached hydrogens (primary N) is 1. The lowest BCUT2D eigenvalue weighted by Gasteiger charge is -2.38. The molecule has 1 aliphatic rings. The van der Waals surface area contributed by atoms with Gasteiger partial charge in [0.1, 0.15) is 23.9 Å². The first kappa shape index (κ1) is 37.7. The van der Waals surface area contributed by atoms with Crippen molar-refractivity contribution in [1.82, 2.24) is 21.3 Å². The van der Waals surface area contributed by atoms with E-state index in [1.54, 1.807) is 71.0 Å². The molecule has 5 atom stereocenters. The molecule has 8 N–H and O–H groups in total. The van der Waals surface area contributed by atoms with Crippen molar-refractivity contribution in [3.05, 3.63) is 64.7 Å². The molecule has 256 valence electrons. The predicted octanol–water partition coefficient (Wildman–Crippen LogP) is 2.29. The summed E-state index contributed by atoms with van der Waals surface area (Å²) in [6, 6.07) is 7.36. The second-order valence-corrected chi connectivity index (χ2v) is 16.4. The van der Waals surface area contributed by atoms with Gasteiger partial charge < -0.3 is 37.2 Å². The molecule has 4 amide bonds. The molecule has 1 saturated heterocycles. The number of carbonyl (C=O) groups is 5. The summed E-state index contributed by atoms with van der Waals surface area (Å²) in [7, 11) is 2.33. The molecule has 3 rings (SSSR count). The van der Waals surface area contributed by atoms with Crippen molar-refractivity contribution in [2.75, 3.05) is 6.54 Å². The molecule has 1 heterocycles. The number of phenolic OH excluding ortho intramolecular Hbond substituents is 1. The topological polar surface area (TPSA) is 200 Å². The van der Waals surface area contributed by atoms with Crippen LogP contribution in [0.3, 0.4) is 0 Å². The largest absolute Gasteiger partial charge is 0.508 e. The minimum Gasteiger partial charge on any atom is -0.508 e. The third-order valence-corrected chi connectivity index (χ3v) is 12.4. The van der Waals surface area contributed by atoms with Gasteiger partial charge >= 0.3 is 5.97 Å². The van der Waals surface area contributed by atoms with Crippen LogP contribution in [0.25, 0.3) is 0 Å². The SMILES string of the molecule is Cc1cc(O)cc(C)c1[C@H](C)[C@H](N)C(=O)NC1C(=O)NCC(=O)N[C@@H](Cc2ccccc2)C(=O)N[C@@H](C(=O)O)C(C)(C)SSC1(C)C. The molecular weight excluding hydrogens is 643 g/mol. The zero-order valence-electron chi connectivity index (χ0n) is 27.7. The molecular formula is C33H45N5O7S2. The van der Waals surface area contributed by atoms with E-state index in [0.29, 0.717) is 0 Å². The van der Waals surface area contributed by atoms with E-state index in [1.165, 1.54) is 10.8 Å². The number of carboxylic acid groups (broad SMARTS) is 1. The maximum absolute atomic E-state index is 13.7. The molecule has 0 bridgehead atoms. The summed E-state index contributed by atoms with van der Waals surface area (Å²) in [5.74, 6) is -4.26. The Bertz CT molecular complexity index is 1480. The van der Waals surface area contributed by atoms with Gasteiger partial charge in [-0.2, -0.15) is 0 Å². The standard InChI is InChI=1S/C33H45N5O7S2/c1-17-13-21(39)14-18(2)24(17)19(3)25(34)29(42)37-26-30(43)35-16-23(40)36-22(15-20-11-9-8-10-12-20)28(41)38-27(31(44)45)33(6,7)47-46-32(26,4)5/h8-14,19,22,25-27,39H,15-16,34H2,1-7H3,(H,35,43)(H,36,40)(H,37,42)(H,38,41)(H,44,45)/t19-,22-,25-,26?,27-/m0/s1. The number of amides is 4. The number of rotatable bonds is 7. The van der Waals surface area contributed by atoms with Gasteiger partial charge in [-0.25, -0.2) is 4.79 Å². The number of aliphatic carboxylic acids is 1. The highest BCUT2D eigenvalue weighted by Crippen LogP contribution is 2.46. The Morgan fingerprint density at radius 1 is 0.979 bits per heavy atom. The summed E-state index contributed by atoms with van der Waals surface area (Å²) >= 11 is 0. The summed E-state index contributed by atoms with van der Waals surface area (Å²) in [4.78, 5) is 66.3. The number of carboxylic acids is 1. The van der Waals surface area contributed by atoms with Crippen LogP contribution in [0.2, 0.25) is 0 Å². The van der Waals surface area contributed by atoms with Gasteiger partial charge in [0.2, 0.25) is 23.6 Å². The highest BCUT2D eigenvalue weighted by molar-refractivity contribution is 8.77. The Kier molecular flexibility index (Phi) is 12.4. The van der Waals surface area contributed by atoms with Crippen molar-refractivity contribution >= 4 is 51.2 Å². The van der Waals surface area contributed by atoms with E-state index in [9.17, 15) is 34.2 Å². The van der Waals surface area contributed by atoms with E-state index in [4.69, 9.17) is 5.73 Å². The normalized spacial score (nSPS) is 23.2. The highest BCUT2D eigenvalue weighted by atomic mass is 33.1. The Morgan fingerprint density at radius 2 is 1.55 bits per heavy atom. The number of nitrogens with one attached hydrogen (secondary N) is 4. The van der Waals surface area contributed by atoms with Crippen molar-refractivity contribution < 1.29 is 34.2 Å². The van der Waals surface area contributed by atoms with Crippen molar-refractivity contribution in [1.29, 1.82) is 0 Å². The predicted molar refractivity (Wildman–Crippen MR) is 184 cm³/mol. The van der Waals surface area contributed by atoms with Gasteiger partial charge in [0.05, 0.1) is 17.3 Å². The van der Waals surface area contributed by atoms with Crippen LogP contribution in [-0.2, 0) is 30.4 Å². The zero-order chi connectivity index (χ0) is 35.3. The number of benzene rings is 2. The number of hydrogen-bond donors (Lipinski definition) is 7. The quantitative estimate of drug-likeness (QED) is 0.212. The molecule has 14 heteroatoms. The van der Waals surface area contributed by atoms with Crippen LogP contribution in [0.5, 0.6) is 5.75 Å². The fourth-order valence-electron chi connectivity index (χ4n) is 5.53. The van der Waals surface area contributed by atoms with Gasteiger partial charge in [-0.15, -0.1) is 0 Å². The lowest BCUT2D eigenvalue weighted by Crippen LogP contribution is -2.62. The third kappa shape index (κ3) is 9.64. The first-order chi connectivity index (χ1) is 21.8. The van der Waals surface area contributed by atoms with Crippen LogP contribution in [0.4, 0.5) is 0 Å². The number of carbonyl (C=O) groups excluding carboxylic acids is 4. The maximum atomic E-state index is 13.7. The average Bonchev–Trinajstić information content (AvgIpc) is 2.98. The van der Waals surface area contributed by atoms with Crippen LogP contribution < -0.4 is 27.0 Å². The van der Waals surface area contributed by atoms with E-state index in [-0.39, 0.29) is 12.2 Å². The third-order valence-electron chi connectivity index (χ3n) is 8.18. The van der Waals surface area contributed by atoms with Crippen molar-refractivity contribution in [3.8, 4) is 5.75 Å². The second kappa shape index (κ2) is 15.4. The number of phenols is 1. The summed E-state index contributed by atoms with van der Waals surface area (Å²) < 4.78 is -2.17. The van der Waals surface area contributed by atoms with E-state index in [1.807, 2.05) is 19.9 Å². The molecule has 0 aliphatic carbocycles. The zero-order valence-corrected chi connectivity index (χ0v) is 29.3. The lowest BCUT2D eigenvalue weighted by atomic mass is 9.86. The second-order valence-electron chi connectivity index (χ2n) is 12.9. The maximum Gasteiger partial charge on any atom is 0.327 e. The molecule has 1 unspecified atom stereocenters. The van der Waals surface area contributed by atoms with Crippen LogP contribution in [0, 0.1) is 13.8 Å². The number of hydrogen-bond acceptors (Lipinski definition) is 9. The number of aryl methyl sites for hydroxylation is 2. The average molecular weight is 688 g/mol. The van der Waals surface area contributed by atoms with Crippen molar-refractivity contribution in [3.63, 3.8) is 0 Å². The molecule has 1 fully saturated rings. The Labute approximate surface area is 283 Å². The fraction of sp³-hybridized carbons (Fsp3) is 0.485. The number of aromatic hydroxyl groups is 1. The Hall–Kier alpha value is -3.75. The van der Waals surface area contributed by atoms with E-state index >= 15 is 0 Å². The molecule has 2 aromatic rings. The summed E-state index contributed by atoms with van der Waals surface area (Å²) in [6.45, 7) is 11.7. The van der Waals surface area contributed by atoms with Gasteiger partial charge in [0.15, 0.2) is 0 Å². The molecule has 47 heavy (non-hydrogen) atoms. The van der Waals surface area contributed by atoms with Crippen molar-refractivity contribution in [2.45, 2.75) is 94.5 Å². The van der Waals surface area contributed by atoms with E-state index in [2.05, 4.69) is 21.3 Å². The molecule has 12 nitrogen and oxygen atoms in total. The van der Waals surface area contributed by atoms with Gasteiger partial charge in [-0.1, -0.05) is 58.8 Å². The van der Waals surface area contributed by atoms with Crippen molar-refractivity contribution in [2.24, 2.45) is 5.73 Å². The van der Waals surface area contributed by atoms with E-state index in [0.717, 1.165) is 33.0 Å². The first-order valence-electron chi connectivity index (χ1n) is 15.2. The molecule has 0 radical (unpaired) electrons. The fourth-order valence-corrected chi connectivity index (χ4v) is 8.34. The summed E-state index contributed by atoms with van der Waals surface area (Å²) in [5, 5.41) is 30.7. The molecule has 0 saturated carbocycles. The van der Waals surface area contributed by atoms with Gasteiger partial charge in [-0.05, 0) is 75.9 Å². The minimum atomic E-state index is -1.37. The minimum absolute atomic E-state index is 0.0861. The first-order valence-corrected chi connectivity index (χ1v) is 17.4. The Morgan fingerprint density at radius 3 is 2.13 bits per heavy atom. The van der Waals surface area contributed by atoms with Crippen LogP contribution >= 0.6 is 21.6 Å². The molecule has 2 aromatic carbocycles. The molecule has 1 aliphatic heterocycles. The van der Waals surface area contributed by atoms with Crippen LogP contribution in [0.1, 0.15) is 62.8 Å². The van der Waals surface area contributed by atoms with E-state index < -0.39 is 75.7 Å². The van der Waals surface area contributed by atoms with Crippen LogP contribution in [0.15, 0.2) is 42.5 Å². The summed E-state index contributed by atoms with van der Waals surface area (Å²) in [5.41, 5.74) is 9.52. The van der Waals surface area contributed by atoms with Gasteiger partial charge in [0.25, 0.3) is 0 Å². The highest BCUT2D eigenvalue weighted by Gasteiger charge is 2.44. The Balaban J connectivity index is 1.93. The monoisotopic (exact) mass is 687 g/mol. The molecule has 0 aromatic heterocycles. The summed E-state index contributed by atoms with van der Waals surface area (Å²) in [6.07, 6.45) is 0.0861. The van der Waals surface area contributed by atoms with Crippen LogP contribution in [-0.4, -0.2) is 80.0 Å². The van der Waals surface area contributed by atoms with Gasteiger partial charge in [0, 0.05) is 17.1 Å². The molecule has 0 spiro atoms. The lowest BCUT2D eigenvalue weighted by molar-refractivity contribution is -0.143.